The zero-order valence-electron chi connectivity index (χ0n) is 89.4. The lowest BCUT2D eigenvalue weighted by Gasteiger charge is -2.70. The summed E-state index contributed by atoms with van der Waals surface area (Å²) >= 11 is 0. The second-order valence-electron chi connectivity index (χ2n) is 44.2. The zero-order valence-corrected chi connectivity index (χ0v) is 89.4. The summed E-state index contributed by atoms with van der Waals surface area (Å²) in [6, 6.07) is 21.9. The number of carbonyl (C=O) groups is 6. The molecule has 6 aliphatic carbocycles. The molecule has 0 atom stereocenters. The van der Waals surface area contributed by atoms with Gasteiger partial charge in [0.05, 0.1) is 154 Å². The Hall–Kier alpha value is -8.66. The monoisotopic (exact) mass is 2000 g/mol. The van der Waals surface area contributed by atoms with Gasteiger partial charge < -0.3 is 77.4 Å². The van der Waals surface area contributed by atoms with E-state index in [9.17, 15) is 28.8 Å². The molecule has 15 rings (SSSR count). The van der Waals surface area contributed by atoms with Gasteiger partial charge in [0.1, 0.15) is 16.8 Å². The van der Waals surface area contributed by atoms with Gasteiger partial charge in [0.2, 0.25) is 17.7 Å². The molecule has 0 radical (unpaired) electrons. The van der Waals surface area contributed by atoms with Crippen molar-refractivity contribution in [1.29, 1.82) is 0 Å². The van der Waals surface area contributed by atoms with Crippen LogP contribution in [0.1, 0.15) is 182 Å². The summed E-state index contributed by atoms with van der Waals surface area (Å²) in [5, 5.41) is 16.1. The third-order valence-corrected chi connectivity index (χ3v) is 28.4. The molecule has 34 nitrogen and oxygen atoms in total. The molecule has 7 heterocycles. The largest absolute Gasteiger partial charge is 0.459 e. The number of piperazine rings is 2. The minimum atomic E-state index is -0.711. The Bertz CT molecular complexity index is 4830. The van der Waals surface area contributed by atoms with Crippen LogP contribution in [0.15, 0.2) is 72.8 Å². The Labute approximate surface area is 855 Å². The predicted octanol–water partition coefficient (Wildman–Crippen LogP) is 9.05. The molecule has 6 aromatic rings. The minimum Gasteiger partial charge on any atom is -0.459 e. The Balaban J connectivity index is 0.475. The smallest absolute Gasteiger partial charge is 0.320 e. The summed E-state index contributed by atoms with van der Waals surface area (Å²) in [6.07, 6.45) is 18.2. The molecule has 0 unspecified atom stereocenters. The number of aromatic nitrogens is 6. The Morgan fingerprint density at radius 2 is 0.660 bits per heavy atom. The lowest BCUT2D eigenvalue weighted by molar-refractivity contribution is -0.214. The molecule has 4 aromatic heterocycles. The molecule has 2 aromatic carbocycles. The van der Waals surface area contributed by atoms with Gasteiger partial charge in [-0.05, 0) is 187 Å². The van der Waals surface area contributed by atoms with Crippen LogP contribution in [0.25, 0.3) is 23.4 Å². The van der Waals surface area contributed by atoms with Crippen LogP contribution in [0.3, 0.4) is 0 Å². The summed E-state index contributed by atoms with van der Waals surface area (Å²) in [5.74, 6) is -1.00. The highest BCUT2D eigenvalue weighted by Crippen LogP contribution is 2.74. The van der Waals surface area contributed by atoms with E-state index in [2.05, 4.69) is 148 Å². The van der Waals surface area contributed by atoms with Crippen LogP contribution in [0.4, 0.5) is 0 Å². The maximum Gasteiger partial charge on any atom is 0.320 e. The number of nitrogens with one attached hydrogen (secondary N) is 2. The average Bonchev–Trinajstić information content (AvgIpc) is 1.12. The zero-order chi connectivity index (χ0) is 103. The van der Waals surface area contributed by atoms with Gasteiger partial charge in [-0.1, -0.05) is 86.7 Å². The van der Waals surface area contributed by atoms with Crippen LogP contribution in [0, 0.1) is 49.4 Å². The number of carbonyl (C=O) groups excluding carboxylic acids is 6. The van der Waals surface area contributed by atoms with Crippen molar-refractivity contribution in [1.82, 2.24) is 83.9 Å². The predicted molar refractivity (Wildman–Crippen MR) is 556 cm³/mol. The minimum absolute atomic E-state index is 0.00429. The van der Waals surface area contributed by atoms with E-state index in [1.54, 1.807) is 4.90 Å². The van der Waals surface area contributed by atoms with Gasteiger partial charge in [0.25, 0.3) is 0 Å². The summed E-state index contributed by atoms with van der Waals surface area (Å²) in [4.78, 5) is 112. The number of nitrogens with zero attached hydrogens (tertiary/aromatic N) is 15. The Morgan fingerprint density at radius 1 is 0.375 bits per heavy atom. The first-order valence-electron chi connectivity index (χ1n) is 53.1. The maximum absolute atomic E-state index is 14.8. The number of amides is 3. The molecule has 9 fully saturated rings. The third-order valence-electron chi connectivity index (χ3n) is 28.4. The van der Waals surface area contributed by atoms with Gasteiger partial charge in [0, 0.05) is 204 Å². The molecule has 144 heavy (non-hydrogen) atoms. The van der Waals surface area contributed by atoms with Gasteiger partial charge in [-0.2, -0.15) is 10.2 Å². The van der Waals surface area contributed by atoms with E-state index in [0.717, 1.165) is 188 Å². The number of hydrogen-bond donors (Lipinski definition) is 2. The van der Waals surface area contributed by atoms with Crippen molar-refractivity contribution in [2.24, 2.45) is 21.7 Å². The SMILES string of the molecule is CCc1nn2c(C)cc(C)nc2c1Cc1ccc(/C=C/CN2CCN(CC34CC(C(=O)NCCOCCOCCOCCOCCN(CCOCCOCCOCCOCCNC(=O)C56CC(CN7CCN(C/C=C/c8ccc(Cc9c(CC)nn%10c(C)cc(C)nc9%10)cc8)CC7)(C5)C6)C(=O)CN5CCN(CC(=O)OC(C)(C)C)CCN(CC(=O)OC(C)(C)C)CCN(CC(=O)OC(C)(C)C)CC5)(C3)C4)CC2)cc1. The molecule has 9 aliphatic rings. The first kappa shape index (κ1) is 113. The van der Waals surface area contributed by atoms with Crippen LogP contribution in [0.2, 0.25) is 0 Å². The van der Waals surface area contributed by atoms with Crippen LogP contribution >= 0.6 is 0 Å². The standard InChI is InChI=1S/C110H169N17O17/c1-16-94-92(100-113-84(3)68-86(5)126(100)115-94)70-90-26-22-88(23-27-90)20-18-32-117-34-46-123(47-35-117)82-107-76-109(77-107,78-107)102(132)111-30-52-134-56-60-138-64-66-140-62-58-136-54-50-125(96(128)72-119-38-40-120(73-97(129)142-104(7,8)9)42-44-122(75-99(131)144-106(13,14)15)45-43-121(41-39-119)74-98(130)143-105(10,11)12)51-55-137-59-63-141-67-65-139-61-57-135-53-31-112-103(133)110-79-108(80-110,81-110)83-124-48-36-118(37-49-124)33-19-21-89-24-28-91(29-25-89)71-93-95(17-2)116-127-87(6)69-85(4)114-101(93)127/h18-29,68-69H,16-17,30-67,70-83H2,1-15H3,(H,111,132)(H,112,133)/b20-18+,21-19+. The molecule has 796 valence electrons. The van der Waals surface area contributed by atoms with Crippen molar-refractivity contribution in [3.63, 3.8) is 0 Å². The molecular formula is C110H169N17O17. The first-order valence-corrected chi connectivity index (χ1v) is 53.1. The maximum atomic E-state index is 14.8. The second-order valence-corrected chi connectivity index (χ2v) is 44.2. The van der Waals surface area contributed by atoms with E-state index in [1.165, 1.54) is 33.4 Å². The fourth-order valence-corrected chi connectivity index (χ4v) is 21.6. The van der Waals surface area contributed by atoms with Gasteiger partial charge >= 0.3 is 17.9 Å². The highest BCUT2D eigenvalue weighted by molar-refractivity contribution is 5.87. The van der Waals surface area contributed by atoms with Crippen molar-refractivity contribution < 1.29 is 80.9 Å². The quantitative estimate of drug-likeness (QED) is 0.0204. The van der Waals surface area contributed by atoms with Crippen LogP contribution in [-0.4, -0.2) is 415 Å². The number of esters is 3. The number of aryl methyl sites for hydroxylation is 6. The molecule has 3 amide bonds. The van der Waals surface area contributed by atoms with Gasteiger partial charge in [-0.25, -0.2) is 19.0 Å². The average molecular weight is 2000 g/mol. The highest BCUT2D eigenvalue weighted by atomic mass is 16.6. The summed E-state index contributed by atoms with van der Waals surface area (Å²) in [5.41, 5.74) is 13.7. The number of fused-ring (bicyclic) bond motifs is 2. The fraction of sp³-hybridized carbons (Fsp3) is 0.691. The molecule has 2 N–H and O–H groups in total. The lowest BCUT2D eigenvalue weighted by atomic mass is 9.34. The van der Waals surface area contributed by atoms with Gasteiger partial charge in [0.15, 0.2) is 11.3 Å². The summed E-state index contributed by atoms with van der Waals surface area (Å²) in [6.45, 7) is 51.6. The van der Waals surface area contributed by atoms with E-state index in [1.807, 2.05) is 99.9 Å². The molecule has 0 spiro atoms. The fourth-order valence-electron chi connectivity index (χ4n) is 21.6. The van der Waals surface area contributed by atoms with Crippen LogP contribution in [-0.2, 0) is 107 Å². The van der Waals surface area contributed by atoms with E-state index >= 15 is 0 Å². The summed E-state index contributed by atoms with van der Waals surface area (Å²) < 4.78 is 68.5. The van der Waals surface area contributed by atoms with Crippen molar-refractivity contribution in [3.8, 4) is 0 Å². The highest BCUT2D eigenvalue weighted by Gasteiger charge is 2.72. The Morgan fingerprint density at radius 3 is 0.965 bits per heavy atom. The van der Waals surface area contributed by atoms with Crippen molar-refractivity contribution >= 4 is 59.1 Å². The lowest BCUT2D eigenvalue weighted by Crippen LogP contribution is -2.71. The molecule has 6 saturated carbocycles. The van der Waals surface area contributed by atoms with Crippen LogP contribution in [0.5, 0.6) is 0 Å². The van der Waals surface area contributed by atoms with E-state index < -0.39 is 16.8 Å². The second kappa shape index (κ2) is 53.5. The molecule has 34 heteroatoms. The van der Waals surface area contributed by atoms with Crippen molar-refractivity contribution in [2.75, 3.05) is 289 Å². The number of hydrogen-bond acceptors (Lipinski definition) is 29. The first-order chi connectivity index (χ1) is 69.0. The van der Waals surface area contributed by atoms with E-state index in [4.69, 9.17) is 72.3 Å². The van der Waals surface area contributed by atoms with Gasteiger partial charge in [-0.15, -0.1) is 0 Å². The molecule has 4 bridgehead atoms. The van der Waals surface area contributed by atoms with E-state index in [-0.39, 0.29) is 110 Å². The van der Waals surface area contributed by atoms with E-state index in [0.29, 0.717) is 158 Å². The Kier molecular flexibility index (Phi) is 41.8. The third kappa shape index (κ3) is 34.5. The van der Waals surface area contributed by atoms with Crippen molar-refractivity contribution in [3.05, 3.63) is 140 Å². The summed E-state index contributed by atoms with van der Waals surface area (Å²) in [7, 11) is 0. The number of rotatable bonds is 56. The number of ether oxygens (including phenoxy) is 11. The topological polar surface area (TPSA) is 318 Å². The normalized spacial score (nSPS) is 21.1. The number of benzene rings is 2. The van der Waals surface area contributed by atoms with Crippen molar-refractivity contribution in [2.45, 2.75) is 185 Å². The molecular weight excluding hydrogens is 1830 g/mol. The molecule has 3 saturated heterocycles. The van der Waals surface area contributed by atoms with Crippen LogP contribution < -0.4 is 10.6 Å². The van der Waals surface area contributed by atoms with Gasteiger partial charge in [-0.3, -0.25) is 58.2 Å². The molecule has 3 aliphatic heterocycles.